The Morgan fingerprint density at radius 3 is 2.75 bits per heavy atom. The normalized spacial score (nSPS) is 12.4. The lowest BCUT2D eigenvalue weighted by Crippen LogP contribution is -2.15. The van der Waals surface area contributed by atoms with Crippen LogP contribution in [0.5, 0.6) is 0 Å². The Labute approximate surface area is 188 Å². The zero-order valence-corrected chi connectivity index (χ0v) is 19.2. The van der Waals surface area contributed by atoms with Gasteiger partial charge in [-0.25, -0.2) is 22.8 Å². The number of pyridine rings is 2. The van der Waals surface area contributed by atoms with E-state index >= 15 is 0 Å². The zero-order chi connectivity index (χ0) is 23.6. The highest BCUT2D eigenvalue weighted by molar-refractivity contribution is 7.92. The number of carbonyl (C=O) groups excluding carboxylic acids is 1. The fourth-order valence-electron chi connectivity index (χ4n) is 2.94. The third kappa shape index (κ3) is 5.56. The average Bonchev–Trinajstić information content (AvgIpc) is 3.04. The molecule has 3 rings (SSSR count). The quantitative estimate of drug-likeness (QED) is 0.402. The second-order valence-electron chi connectivity index (χ2n) is 7.05. The molecule has 3 aromatic heterocycles. The Hall–Kier alpha value is -3.12. The van der Waals surface area contributed by atoms with Crippen molar-refractivity contribution in [3.8, 4) is 11.4 Å². The van der Waals surface area contributed by atoms with E-state index < -0.39 is 27.9 Å². The number of anilines is 1. The number of esters is 1. The molecule has 170 valence electrons. The highest BCUT2D eigenvalue weighted by atomic mass is 35.5. The molecule has 0 bridgehead atoms. The van der Waals surface area contributed by atoms with Crippen LogP contribution >= 0.6 is 11.6 Å². The number of sulfonamides is 1. The standard InChI is InChI=1S/C19H20ClFN6O4S/c1-10-14(25-32(4,29)30)5-6-15(23-10)18-16(27(3)26-24-18)8-17(28)31-11(2)13-7-12(21)9-22-19(13)20/h5-7,9,11,25H,8H2,1-4H3/t11-/m1/s1. The number of nitrogens with zero attached hydrogens (tertiary/aromatic N) is 5. The molecule has 0 saturated heterocycles. The molecule has 10 nitrogen and oxygen atoms in total. The van der Waals surface area contributed by atoms with Gasteiger partial charge in [0.1, 0.15) is 22.8 Å². The summed E-state index contributed by atoms with van der Waals surface area (Å²) in [6, 6.07) is 4.28. The molecule has 0 aliphatic heterocycles. The fourth-order valence-corrected chi connectivity index (χ4v) is 3.81. The maximum atomic E-state index is 13.5. The summed E-state index contributed by atoms with van der Waals surface area (Å²) in [5.74, 6) is -1.21. The highest BCUT2D eigenvalue weighted by Crippen LogP contribution is 2.26. The Bertz CT molecular complexity index is 1280. The van der Waals surface area contributed by atoms with Gasteiger partial charge in [-0.2, -0.15) is 0 Å². The van der Waals surface area contributed by atoms with Crippen molar-refractivity contribution < 1.29 is 22.3 Å². The molecule has 0 radical (unpaired) electrons. The topological polar surface area (TPSA) is 129 Å². The van der Waals surface area contributed by atoms with Crippen LogP contribution in [0.2, 0.25) is 5.15 Å². The second kappa shape index (κ2) is 9.17. The van der Waals surface area contributed by atoms with Gasteiger partial charge in [0.25, 0.3) is 0 Å². The lowest BCUT2D eigenvalue weighted by atomic mass is 10.1. The maximum absolute atomic E-state index is 13.5. The number of nitrogens with one attached hydrogen (secondary N) is 1. The minimum absolute atomic E-state index is 0.0389. The van der Waals surface area contributed by atoms with Gasteiger partial charge in [0.05, 0.1) is 41.6 Å². The Balaban J connectivity index is 1.81. The van der Waals surface area contributed by atoms with Crippen LogP contribution in [-0.2, 0) is 33.0 Å². The molecule has 0 saturated carbocycles. The van der Waals surface area contributed by atoms with E-state index in [2.05, 4.69) is 25.0 Å². The molecule has 1 atom stereocenters. The smallest absolute Gasteiger partial charge is 0.312 e. The zero-order valence-electron chi connectivity index (χ0n) is 17.6. The van der Waals surface area contributed by atoms with Crippen LogP contribution in [-0.4, -0.2) is 45.6 Å². The van der Waals surface area contributed by atoms with Crippen LogP contribution in [0.3, 0.4) is 0 Å². The predicted octanol–water partition coefficient (Wildman–Crippen LogP) is 2.59. The van der Waals surface area contributed by atoms with Gasteiger partial charge in [-0.15, -0.1) is 5.10 Å². The number of ether oxygens (including phenoxy) is 1. The van der Waals surface area contributed by atoms with E-state index in [0.717, 1.165) is 18.5 Å². The van der Waals surface area contributed by atoms with Crippen LogP contribution in [0.4, 0.5) is 10.1 Å². The summed E-state index contributed by atoms with van der Waals surface area (Å²) in [6.45, 7) is 3.20. The minimum Gasteiger partial charge on any atom is -0.457 e. The van der Waals surface area contributed by atoms with Gasteiger partial charge in [-0.1, -0.05) is 16.8 Å². The van der Waals surface area contributed by atoms with Gasteiger partial charge in [0, 0.05) is 12.6 Å². The third-order valence-electron chi connectivity index (χ3n) is 4.46. The van der Waals surface area contributed by atoms with Crippen LogP contribution in [0.1, 0.15) is 30.0 Å². The first kappa shape index (κ1) is 23.5. The molecule has 13 heteroatoms. The molecule has 32 heavy (non-hydrogen) atoms. The van der Waals surface area contributed by atoms with E-state index in [0.29, 0.717) is 28.5 Å². The van der Waals surface area contributed by atoms with Gasteiger partial charge < -0.3 is 4.74 Å². The molecular formula is C19H20ClFN6O4S. The lowest BCUT2D eigenvalue weighted by molar-refractivity contribution is -0.147. The number of hydrogen-bond donors (Lipinski definition) is 1. The van der Waals surface area contributed by atoms with E-state index in [1.807, 2.05) is 0 Å². The fraction of sp³-hybridized carbons (Fsp3) is 0.316. The molecule has 1 N–H and O–H groups in total. The van der Waals surface area contributed by atoms with Gasteiger partial charge in [0.15, 0.2) is 0 Å². The van der Waals surface area contributed by atoms with E-state index in [-0.39, 0.29) is 17.1 Å². The van der Waals surface area contributed by atoms with E-state index in [1.165, 1.54) is 4.68 Å². The molecule has 0 aliphatic carbocycles. The first-order valence-electron chi connectivity index (χ1n) is 9.29. The van der Waals surface area contributed by atoms with Gasteiger partial charge in [-0.05, 0) is 32.0 Å². The van der Waals surface area contributed by atoms with Crippen LogP contribution in [0.15, 0.2) is 24.4 Å². The maximum Gasteiger partial charge on any atom is 0.312 e. The van der Waals surface area contributed by atoms with Crippen LogP contribution < -0.4 is 4.72 Å². The lowest BCUT2D eigenvalue weighted by Gasteiger charge is -2.15. The Kier molecular flexibility index (Phi) is 6.74. The van der Waals surface area contributed by atoms with Crippen molar-refractivity contribution in [3.63, 3.8) is 0 Å². The number of rotatable bonds is 7. The number of halogens is 2. The summed E-state index contributed by atoms with van der Waals surface area (Å²) in [4.78, 5) is 20.6. The minimum atomic E-state index is -3.46. The van der Waals surface area contributed by atoms with E-state index in [4.69, 9.17) is 16.3 Å². The first-order chi connectivity index (χ1) is 14.9. The molecule has 0 aliphatic rings. The molecule has 0 fully saturated rings. The Morgan fingerprint density at radius 1 is 1.38 bits per heavy atom. The number of carbonyl (C=O) groups is 1. The van der Waals surface area contributed by atoms with Crippen molar-refractivity contribution in [2.45, 2.75) is 26.4 Å². The van der Waals surface area contributed by atoms with Gasteiger partial charge in [-0.3, -0.25) is 14.2 Å². The summed E-state index contributed by atoms with van der Waals surface area (Å²) in [5.41, 5.74) is 2.18. The Morgan fingerprint density at radius 2 is 2.09 bits per heavy atom. The molecule has 0 amide bonds. The van der Waals surface area contributed by atoms with Crippen molar-refractivity contribution in [2.24, 2.45) is 7.05 Å². The molecule has 0 spiro atoms. The summed E-state index contributed by atoms with van der Waals surface area (Å²) < 4.78 is 45.6. The van der Waals surface area contributed by atoms with Crippen molar-refractivity contribution >= 4 is 33.3 Å². The molecular weight excluding hydrogens is 463 g/mol. The van der Waals surface area contributed by atoms with Crippen molar-refractivity contribution in [2.75, 3.05) is 11.0 Å². The first-order valence-corrected chi connectivity index (χ1v) is 11.6. The summed E-state index contributed by atoms with van der Waals surface area (Å²) in [5, 5.41) is 8.06. The van der Waals surface area contributed by atoms with E-state index in [9.17, 15) is 17.6 Å². The van der Waals surface area contributed by atoms with Crippen LogP contribution in [0, 0.1) is 12.7 Å². The number of aryl methyl sites for hydroxylation is 2. The predicted molar refractivity (Wildman–Crippen MR) is 115 cm³/mol. The summed E-state index contributed by atoms with van der Waals surface area (Å²) in [7, 11) is -1.84. The molecule has 0 aromatic carbocycles. The van der Waals surface area contributed by atoms with Crippen molar-refractivity contribution in [3.05, 3.63) is 52.3 Å². The summed E-state index contributed by atoms with van der Waals surface area (Å²) >= 11 is 5.97. The second-order valence-corrected chi connectivity index (χ2v) is 9.16. The van der Waals surface area contributed by atoms with Crippen LogP contribution in [0.25, 0.3) is 11.4 Å². The summed E-state index contributed by atoms with van der Waals surface area (Å²) in [6.07, 6.45) is 0.998. The largest absolute Gasteiger partial charge is 0.457 e. The highest BCUT2D eigenvalue weighted by Gasteiger charge is 2.22. The number of aromatic nitrogens is 5. The molecule has 3 aromatic rings. The van der Waals surface area contributed by atoms with E-state index in [1.54, 1.807) is 33.0 Å². The number of hydrogen-bond acceptors (Lipinski definition) is 8. The van der Waals surface area contributed by atoms with Gasteiger partial charge in [0.2, 0.25) is 10.0 Å². The molecule has 3 heterocycles. The average molecular weight is 483 g/mol. The van der Waals surface area contributed by atoms with Gasteiger partial charge >= 0.3 is 5.97 Å². The third-order valence-corrected chi connectivity index (χ3v) is 5.36. The monoisotopic (exact) mass is 482 g/mol. The van der Waals surface area contributed by atoms with Crippen molar-refractivity contribution in [1.29, 1.82) is 0 Å². The molecule has 0 unspecified atom stereocenters. The van der Waals surface area contributed by atoms with Crippen molar-refractivity contribution in [1.82, 2.24) is 25.0 Å². The SMILES string of the molecule is Cc1nc(-c2nnn(C)c2CC(=O)O[C@H](C)c2cc(F)cnc2Cl)ccc1NS(C)(=O)=O.